The maximum absolute atomic E-state index is 15.1. The van der Waals surface area contributed by atoms with Gasteiger partial charge in [-0.05, 0) is 108 Å². The number of hydrogen-bond acceptors (Lipinski definition) is 13. The second-order valence-corrected chi connectivity index (χ2v) is 26.5. The average molecular weight is 1230 g/mol. The molecule has 1 aliphatic heterocycles. The predicted molar refractivity (Wildman–Crippen MR) is 334 cm³/mol. The molecule has 15 atom stereocenters. The summed E-state index contributed by atoms with van der Waals surface area (Å²) in [6, 6.07) is -14.6. The summed E-state index contributed by atoms with van der Waals surface area (Å²) in [5.41, 5.74) is 0. The van der Waals surface area contributed by atoms with E-state index in [1.165, 1.54) is 89.6 Å². The van der Waals surface area contributed by atoms with Crippen molar-refractivity contribution in [3.8, 4) is 0 Å². The first-order valence-electron chi connectivity index (χ1n) is 31.2. The smallest absolute Gasteiger partial charge is 0.248 e. The molecule has 11 amide bonds. The van der Waals surface area contributed by atoms with E-state index in [-0.39, 0.29) is 55.8 Å². The molecule has 0 aromatic rings. The summed E-state index contributed by atoms with van der Waals surface area (Å²) in [6.45, 7) is 30.7. The van der Waals surface area contributed by atoms with E-state index in [1.54, 1.807) is 46.8 Å². The van der Waals surface area contributed by atoms with Crippen molar-refractivity contribution < 1.29 is 63.0 Å². The first-order valence-corrected chi connectivity index (χ1v) is 31.2. The van der Waals surface area contributed by atoms with Gasteiger partial charge in [0.25, 0.3) is 0 Å². The van der Waals surface area contributed by atoms with Gasteiger partial charge >= 0.3 is 0 Å². The number of aliphatic hydroxyl groups is 2. The number of hydrogen-bond donors (Lipinski definition) is 7. The van der Waals surface area contributed by atoms with E-state index in [4.69, 9.17) is 0 Å². The lowest BCUT2D eigenvalue weighted by Crippen LogP contribution is -2.65. The number of carbonyl (C=O) groups excluding carboxylic acids is 11. The van der Waals surface area contributed by atoms with E-state index < -0.39 is 161 Å². The maximum Gasteiger partial charge on any atom is 0.248 e. The first-order chi connectivity index (χ1) is 40.1. The number of likely N-dealkylation sites (N-methyl/N-ethyl adjacent to an activating group) is 6. The zero-order valence-electron chi connectivity index (χ0n) is 57.0. The third kappa shape index (κ3) is 22.1. The SMILES string of the molecule is C/C=C/C[C@@H](C)[C@@H](O)[C@H]1C(=O)N[C@@H]([C@@H](C)O)C(=O)N(C)[C@H](C)C(=O)N(C)[C@@H]([C@@H](C)CC)C(=O)N[C@@H](CC(C)C)C(=O)N(C)[C@@H](CC(C)C)C(=O)N[C@@H](C)C(=O)N[C@H](C)C(=O)N(C)[C@@H](CC(C)C)C(=O)N[C@@H](CC(C)C)C(=O)N(C)[C@@H](C(C)C)C(=O)N1C. The minimum atomic E-state index is -1.76. The fourth-order valence-electron chi connectivity index (χ4n) is 11.0. The van der Waals surface area contributed by atoms with Crippen LogP contribution in [-0.2, 0) is 52.7 Å². The Kier molecular flexibility index (Phi) is 32.4. The highest BCUT2D eigenvalue weighted by Gasteiger charge is 2.46. The Labute approximate surface area is 519 Å². The van der Waals surface area contributed by atoms with Crippen LogP contribution >= 0.6 is 0 Å². The van der Waals surface area contributed by atoms with Crippen LogP contribution in [0.15, 0.2) is 12.2 Å². The van der Waals surface area contributed by atoms with Crippen LogP contribution in [0.25, 0.3) is 0 Å². The molecule has 7 N–H and O–H groups in total. The molecular formula is C63H113N11O13. The summed E-state index contributed by atoms with van der Waals surface area (Å²) < 4.78 is 0. The van der Waals surface area contributed by atoms with Crippen molar-refractivity contribution in [3.05, 3.63) is 12.2 Å². The molecule has 1 rings (SSSR count). The largest absolute Gasteiger partial charge is 0.391 e. The van der Waals surface area contributed by atoms with Crippen molar-refractivity contribution in [1.29, 1.82) is 0 Å². The summed E-state index contributed by atoms with van der Waals surface area (Å²) in [5, 5.41) is 37.0. The average Bonchev–Trinajstić information content (AvgIpc) is 2.42. The number of nitrogens with one attached hydrogen (secondary N) is 5. The van der Waals surface area contributed by atoms with Crippen molar-refractivity contribution >= 4 is 65.0 Å². The van der Waals surface area contributed by atoms with Crippen LogP contribution in [0.2, 0.25) is 0 Å². The molecule has 1 heterocycles. The first kappa shape index (κ1) is 78.8. The molecule has 0 unspecified atom stereocenters. The molecule has 498 valence electrons. The molecule has 0 aliphatic carbocycles. The van der Waals surface area contributed by atoms with Crippen LogP contribution < -0.4 is 26.6 Å². The van der Waals surface area contributed by atoms with Crippen molar-refractivity contribution in [3.63, 3.8) is 0 Å². The van der Waals surface area contributed by atoms with Gasteiger partial charge in [0.2, 0.25) is 65.0 Å². The molecule has 1 saturated heterocycles. The lowest BCUT2D eigenvalue weighted by Gasteiger charge is -2.40. The third-order valence-corrected chi connectivity index (χ3v) is 16.6. The highest BCUT2D eigenvalue weighted by atomic mass is 16.3. The van der Waals surface area contributed by atoms with Gasteiger partial charge in [0.15, 0.2) is 0 Å². The molecule has 24 heteroatoms. The van der Waals surface area contributed by atoms with Crippen LogP contribution in [0.3, 0.4) is 0 Å². The molecule has 0 spiro atoms. The van der Waals surface area contributed by atoms with E-state index in [1.807, 2.05) is 62.3 Å². The predicted octanol–water partition coefficient (Wildman–Crippen LogP) is 2.68. The molecular weight excluding hydrogens is 1120 g/mol. The monoisotopic (exact) mass is 1230 g/mol. The van der Waals surface area contributed by atoms with Crippen molar-refractivity contribution in [1.82, 2.24) is 56.0 Å². The number of rotatable bonds is 16. The van der Waals surface area contributed by atoms with Gasteiger partial charge in [-0.1, -0.05) is 109 Å². The second kappa shape index (κ2) is 35.7. The van der Waals surface area contributed by atoms with Gasteiger partial charge in [0.05, 0.1) is 12.2 Å². The number of aliphatic hydroxyl groups excluding tert-OH is 2. The summed E-state index contributed by atoms with van der Waals surface area (Å²) >= 11 is 0. The summed E-state index contributed by atoms with van der Waals surface area (Å²) in [7, 11) is 8.19. The highest BCUT2D eigenvalue weighted by molar-refractivity contribution is 6.00. The van der Waals surface area contributed by atoms with E-state index in [9.17, 15) is 58.2 Å². The lowest BCUT2D eigenvalue weighted by atomic mass is 9.91. The fourth-order valence-corrected chi connectivity index (χ4v) is 11.0. The van der Waals surface area contributed by atoms with Gasteiger partial charge in [-0.25, -0.2) is 0 Å². The van der Waals surface area contributed by atoms with E-state index >= 15 is 4.79 Å². The van der Waals surface area contributed by atoms with Gasteiger partial charge in [-0.2, -0.15) is 0 Å². The second-order valence-electron chi connectivity index (χ2n) is 26.5. The third-order valence-electron chi connectivity index (χ3n) is 16.6. The van der Waals surface area contributed by atoms with Crippen molar-refractivity contribution in [2.75, 3.05) is 42.3 Å². The Morgan fingerprint density at radius 1 is 0.437 bits per heavy atom. The molecule has 1 aliphatic rings. The standard InChI is InChI=1S/C63H113N11O13/c1-25-27-28-39(14)52(76)51-57(81)68-48(43(18)75)62(86)69(19)42(17)59(83)73(23)50(38(13)26-2)56(80)67-44(29-33(3)4)60(84)71(21)46(31-35(7)8)54(78)64-40(15)53(77)65-41(16)58(82)70(20)47(32-36(9)10)55(79)66-45(30-34(5)6)61(85)72(22)49(37(11)12)63(87)74(51)24/h25,27,33-52,75-76H,26,28-32H2,1-24H3,(H,64,78)(H,65,77)(H,66,79)(H,67,80)(H,68,81)/b27-25+/t38-,39+,40-,41+,42+,43+,44-,45-,46-,47-,48-,49-,50-,51-,52+/m0/s1. The van der Waals surface area contributed by atoms with Crippen LogP contribution in [0.1, 0.15) is 163 Å². The molecule has 0 aromatic carbocycles. The summed E-state index contributed by atoms with van der Waals surface area (Å²) in [6.07, 6.45) is 1.44. The van der Waals surface area contributed by atoms with E-state index in [2.05, 4.69) is 26.6 Å². The molecule has 87 heavy (non-hydrogen) atoms. The zero-order chi connectivity index (χ0) is 67.6. The van der Waals surface area contributed by atoms with Crippen molar-refractivity contribution in [2.45, 2.75) is 242 Å². The Morgan fingerprint density at radius 3 is 1.28 bits per heavy atom. The fraction of sp³-hybridized carbons (Fsp3) is 0.794. The quantitative estimate of drug-likeness (QED) is 0.110. The Balaban J connectivity index is 4.39. The Morgan fingerprint density at radius 2 is 0.839 bits per heavy atom. The van der Waals surface area contributed by atoms with E-state index in [0.29, 0.717) is 6.42 Å². The summed E-state index contributed by atoms with van der Waals surface area (Å²) in [4.78, 5) is 168. The molecule has 0 radical (unpaired) electrons. The molecule has 0 aromatic heterocycles. The summed E-state index contributed by atoms with van der Waals surface area (Å²) in [5.74, 6) is -10.8. The molecule has 0 saturated carbocycles. The van der Waals surface area contributed by atoms with Crippen molar-refractivity contribution in [2.24, 2.45) is 41.4 Å². The van der Waals surface area contributed by atoms with Gasteiger partial charge in [0, 0.05) is 42.3 Å². The van der Waals surface area contributed by atoms with Gasteiger partial charge in [0.1, 0.15) is 66.5 Å². The number of carbonyl (C=O) groups is 11. The van der Waals surface area contributed by atoms with Crippen LogP contribution in [0.5, 0.6) is 0 Å². The van der Waals surface area contributed by atoms with Crippen LogP contribution in [0.4, 0.5) is 0 Å². The number of nitrogens with zero attached hydrogens (tertiary/aromatic N) is 6. The maximum atomic E-state index is 15.1. The highest BCUT2D eigenvalue weighted by Crippen LogP contribution is 2.25. The van der Waals surface area contributed by atoms with Crippen LogP contribution in [0, 0.1) is 41.4 Å². The topological polar surface area (TPSA) is 308 Å². The normalized spacial score (nSPS) is 28.0. The number of amides is 11. The number of allylic oxidation sites excluding steroid dienone is 2. The Hall–Kier alpha value is -6.17. The zero-order valence-corrected chi connectivity index (χ0v) is 57.0. The van der Waals surface area contributed by atoms with Gasteiger partial charge < -0.3 is 66.2 Å². The minimum Gasteiger partial charge on any atom is -0.391 e. The molecule has 1 fully saturated rings. The molecule has 24 nitrogen and oxygen atoms in total. The van der Waals surface area contributed by atoms with Gasteiger partial charge in [-0.15, -0.1) is 0 Å². The molecule has 0 bridgehead atoms. The lowest BCUT2D eigenvalue weighted by molar-refractivity contribution is -0.155. The Bertz CT molecular complexity index is 2380. The van der Waals surface area contributed by atoms with E-state index in [0.717, 1.165) is 9.80 Å². The minimum absolute atomic E-state index is 0.0930. The van der Waals surface area contributed by atoms with Gasteiger partial charge in [-0.3, -0.25) is 52.7 Å². The van der Waals surface area contributed by atoms with Crippen LogP contribution in [-0.4, -0.2) is 226 Å².